The number of rotatable bonds is 5. The lowest BCUT2D eigenvalue weighted by Crippen LogP contribution is -2.17. The molecule has 1 heterocycles. The van der Waals surface area contributed by atoms with E-state index in [-0.39, 0.29) is 11.7 Å². The molecule has 0 atom stereocenters. The fraction of sp³-hybridized carbons (Fsp3) is 0.0769. The van der Waals surface area contributed by atoms with Crippen LogP contribution in [0.1, 0.15) is 10.4 Å². The molecule has 5 nitrogen and oxygen atoms in total. The second-order valence-corrected chi connectivity index (χ2v) is 6.84. The summed E-state index contributed by atoms with van der Waals surface area (Å²) in [6.07, 6.45) is 0. The van der Waals surface area contributed by atoms with Gasteiger partial charge in [-0.25, -0.2) is 0 Å². The monoisotopic (exact) mass is 385 g/mol. The topological polar surface area (TPSA) is 98.2 Å². The van der Waals surface area contributed by atoms with E-state index in [1.165, 1.54) is 23.1 Å². The standard InChI is InChI=1S/C13H12BrN3O2S2/c14-9-5-7(15)1-2-10(9)21-6-11(18)17-13-8(12(16)19)3-4-20-13/h1-5H,6,15H2,(H2,16,19)(H,17,18). The van der Waals surface area contributed by atoms with Gasteiger partial charge in [0, 0.05) is 15.1 Å². The quantitative estimate of drug-likeness (QED) is 0.544. The Hall–Kier alpha value is -1.51. The summed E-state index contributed by atoms with van der Waals surface area (Å²) in [4.78, 5) is 24.0. The minimum Gasteiger partial charge on any atom is -0.399 e. The molecular weight excluding hydrogens is 374 g/mol. The predicted molar refractivity (Wildman–Crippen MR) is 90.7 cm³/mol. The van der Waals surface area contributed by atoms with Gasteiger partial charge in [-0.1, -0.05) is 0 Å². The number of hydrogen-bond donors (Lipinski definition) is 3. The number of primary amides is 1. The smallest absolute Gasteiger partial charge is 0.251 e. The number of thiophene rings is 1. The van der Waals surface area contributed by atoms with E-state index in [9.17, 15) is 9.59 Å². The fourth-order valence-electron chi connectivity index (χ4n) is 1.54. The first kappa shape index (κ1) is 15.9. The van der Waals surface area contributed by atoms with Gasteiger partial charge >= 0.3 is 0 Å². The summed E-state index contributed by atoms with van der Waals surface area (Å²) in [6.45, 7) is 0. The molecule has 0 fully saturated rings. The molecule has 1 aromatic heterocycles. The lowest BCUT2D eigenvalue weighted by molar-refractivity contribution is -0.113. The van der Waals surface area contributed by atoms with Gasteiger partial charge in [0.2, 0.25) is 5.91 Å². The van der Waals surface area contributed by atoms with Crippen LogP contribution in [-0.4, -0.2) is 17.6 Å². The number of hydrogen-bond acceptors (Lipinski definition) is 5. The van der Waals surface area contributed by atoms with E-state index in [1.807, 2.05) is 6.07 Å². The van der Waals surface area contributed by atoms with Crippen LogP contribution in [0.15, 0.2) is 39.0 Å². The summed E-state index contributed by atoms with van der Waals surface area (Å²) >= 11 is 6.04. The van der Waals surface area contributed by atoms with Crippen molar-refractivity contribution in [3.05, 3.63) is 39.7 Å². The van der Waals surface area contributed by atoms with E-state index >= 15 is 0 Å². The van der Waals surface area contributed by atoms with Crippen LogP contribution >= 0.6 is 39.0 Å². The Bertz CT molecular complexity index is 688. The maximum atomic E-state index is 11.9. The van der Waals surface area contributed by atoms with E-state index < -0.39 is 5.91 Å². The molecule has 0 radical (unpaired) electrons. The molecule has 1 aromatic carbocycles. The number of amides is 2. The molecule has 2 amide bonds. The molecule has 0 aliphatic carbocycles. The predicted octanol–water partition coefficient (Wildman–Crippen LogP) is 2.92. The minimum absolute atomic E-state index is 0.200. The number of thioether (sulfide) groups is 1. The van der Waals surface area contributed by atoms with Gasteiger partial charge in [0.25, 0.3) is 5.91 Å². The van der Waals surface area contributed by atoms with Crippen LogP contribution in [-0.2, 0) is 4.79 Å². The van der Waals surface area contributed by atoms with E-state index in [2.05, 4.69) is 21.2 Å². The van der Waals surface area contributed by atoms with Gasteiger partial charge in [-0.05, 0) is 45.6 Å². The number of nitrogens with two attached hydrogens (primary N) is 2. The van der Waals surface area contributed by atoms with Crippen molar-refractivity contribution in [2.24, 2.45) is 5.73 Å². The highest BCUT2D eigenvalue weighted by Crippen LogP contribution is 2.29. The molecule has 2 aromatic rings. The van der Waals surface area contributed by atoms with Gasteiger partial charge in [-0.15, -0.1) is 23.1 Å². The summed E-state index contributed by atoms with van der Waals surface area (Å²) in [5.74, 6) is -0.535. The van der Waals surface area contributed by atoms with Crippen molar-refractivity contribution in [2.45, 2.75) is 4.90 Å². The first-order valence-electron chi connectivity index (χ1n) is 5.82. The van der Waals surface area contributed by atoms with Crippen LogP contribution in [0.2, 0.25) is 0 Å². The molecule has 0 aliphatic heterocycles. The van der Waals surface area contributed by atoms with Gasteiger partial charge in [0.15, 0.2) is 0 Å². The average molecular weight is 386 g/mol. The SMILES string of the molecule is NC(=O)c1ccsc1NC(=O)CSc1ccc(N)cc1Br. The van der Waals surface area contributed by atoms with Crippen LogP contribution < -0.4 is 16.8 Å². The molecule has 0 saturated heterocycles. The number of benzene rings is 1. The molecule has 8 heteroatoms. The maximum Gasteiger partial charge on any atom is 0.251 e. The normalized spacial score (nSPS) is 10.3. The van der Waals surface area contributed by atoms with E-state index in [4.69, 9.17) is 11.5 Å². The minimum atomic E-state index is -0.555. The summed E-state index contributed by atoms with van der Waals surface area (Å²) in [5.41, 5.74) is 11.9. The molecule has 5 N–H and O–H groups in total. The Balaban J connectivity index is 1.96. The molecule has 0 aliphatic rings. The highest BCUT2D eigenvalue weighted by molar-refractivity contribution is 9.10. The molecule has 21 heavy (non-hydrogen) atoms. The Labute approximate surface area is 138 Å². The number of nitrogens with one attached hydrogen (secondary N) is 1. The highest BCUT2D eigenvalue weighted by Gasteiger charge is 2.13. The van der Waals surface area contributed by atoms with Crippen LogP contribution in [0.3, 0.4) is 0 Å². The Morgan fingerprint density at radius 3 is 2.76 bits per heavy atom. The van der Waals surface area contributed by atoms with Crippen molar-refractivity contribution < 1.29 is 9.59 Å². The number of halogens is 1. The zero-order valence-corrected chi connectivity index (χ0v) is 14.0. The summed E-state index contributed by atoms with van der Waals surface area (Å²) < 4.78 is 0.842. The molecular formula is C13H12BrN3O2S2. The largest absolute Gasteiger partial charge is 0.399 e. The average Bonchev–Trinajstić information content (AvgIpc) is 2.86. The van der Waals surface area contributed by atoms with Crippen molar-refractivity contribution in [3.63, 3.8) is 0 Å². The first-order valence-corrected chi connectivity index (χ1v) is 8.48. The van der Waals surface area contributed by atoms with E-state index in [1.54, 1.807) is 23.6 Å². The van der Waals surface area contributed by atoms with Crippen molar-refractivity contribution >= 4 is 61.5 Å². The van der Waals surface area contributed by atoms with E-state index in [0.717, 1.165) is 9.37 Å². The number of carbonyl (C=O) groups is 2. The van der Waals surface area contributed by atoms with Crippen molar-refractivity contribution in [2.75, 3.05) is 16.8 Å². The first-order chi connectivity index (χ1) is 9.97. The molecule has 0 spiro atoms. The summed E-state index contributed by atoms with van der Waals surface area (Å²) in [6, 6.07) is 6.99. The molecule has 110 valence electrons. The van der Waals surface area contributed by atoms with Gasteiger partial charge in [-0.2, -0.15) is 0 Å². The molecule has 2 rings (SSSR count). The van der Waals surface area contributed by atoms with Gasteiger partial charge in [0.05, 0.1) is 11.3 Å². The van der Waals surface area contributed by atoms with Crippen molar-refractivity contribution in [1.29, 1.82) is 0 Å². The van der Waals surface area contributed by atoms with Crippen LogP contribution in [0.25, 0.3) is 0 Å². The summed E-state index contributed by atoms with van der Waals surface area (Å²) in [5, 5.41) is 4.87. The third-order valence-electron chi connectivity index (χ3n) is 2.50. The second-order valence-electron chi connectivity index (χ2n) is 4.05. The Morgan fingerprint density at radius 2 is 2.10 bits per heavy atom. The van der Waals surface area contributed by atoms with Crippen LogP contribution in [0.4, 0.5) is 10.7 Å². The van der Waals surface area contributed by atoms with Crippen LogP contribution in [0.5, 0.6) is 0 Å². The molecule has 0 bridgehead atoms. The third-order valence-corrected chi connectivity index (χ3v) is 5.32. The van der Waals surface area contributed by atoms with Gasteiger partial charge in [-0.3, -0.25) is 9.59 Å². The van der Waals surface area contributed by atoms with Crippen molar-refractivity contribution in [3.8, 4) is 0 Å². The third kappa shape index (κ3) is 4.23. The highest BCUT2D eigenvalue weighted by atomic mass is 79.9. The number of anilines is 2. The Morgan fingerprint density at radius 1 is 1.33 bits per heavy atom. The molecule has 0 unspecified atom stereocenters. The maximum absolute atomic E-state index is 11.9. The zero-order valence-electron chi connectivity index (χ0n) is 10.8. The number of nitrogen functional groups attached to an aromatic ring is 1. The van der Waals surface area contributed by atoms with Crippen LogP contribution in [0, 0.1) is 0 Å². The lowest BCUT2D eigenvalue weighted by atomic mass is 10.3. The Kier molecular flexibility index (Phi) is 5.27. The van der Waals surface area contributed by atoms with Crippen molar-refractivity contribution in [1.82, 2.24) is 0 Å². The lowest BCUT2D eigenvalue weighted by Gasteiger charge is -2.06. The fourth-order valence-corrected chi connectivity index (χ4v) is 3.81. The van der Waals surface area contributed by atoms with Gasteiger partial charge in [0.1, 0.15) is 5.00 Å². The summed E-state index contributed by atoms with van der Waals surface area (Å²) in [7, 11) is 0. The van der Waals surface area contributed by atoms with E-state index in [0.29, 0.717) is 16.3 Å². The van der Waals surface area contributed by atoms with Gasteiger partial charge < -0.3 is 16.8 Å². The number of carbonyl (C=O) groups excluding carboxylic acids is 2. The molecule has 0 saturated carbocycles. The second kappa shape index (κ2) is 6.97. The zero-order chi connectivity index (χ0) is 15.4.